The van der Waals surface area contributed by atoms with Crippen LogP contribution in [-0.4, -0.2) is 25.5 Å². The molecule has 0 amide bonds. The summed E-state index contributed by atoms with van der Waals surface area (Å²) in [5.41, 5.74) is 3.32. The van der Waals surface area contributed by atoms with Gasteiger partial charge in [0.05, 0.1) is 0 Å². The van der Waals surface area contributed by atoms with Crippen molar-refractivity contribution in [1.82, 2.24) is 0 Å². The lowest BCUT2D eigenvalue weighted by Gasteiger charge is -2.21. The Kier molecular flexibility index (Phi) is 2.85. The maximum atomic E-state index is 12.3. The lowest BCUT2D eigenvalue weighted by Crippen LogP contribution is -2.23. The Balaban J connectivity index is 1.81. The van der Waals surface area contributed by atoms with Gasteiger partial charge < -0.3 is 10.1 Å². The van der Waals surface area contributed by atoms with E-state index >= 15 is 0 Å². The summed E-state index contributed by atoms with van der Waals surface area (Å²) in [6.07, 6.45) is 2.80. The quantitative estimate of drug-likeness (QED) is 0.793. The van der Waals surface area contributed by atoms with Crippen molar-refractivity contribution in [3.63, 3.8) is 0 Å². The van der Waals surface area contributed by atoms with E-state index in [1.807, 2.05) is 12.1 Å². The zero-order chi connectivity index (χ0) is 11.7. The standard InChI is InChI=1S/C14H17NO2/c16-14(11-4-7-17-8-5-11)12-2-1-10-3-6-15-13(10)9-12/h1-2,9,11,15H,3-8H2. The van der Waals surface area contributed by atoms with E-state index in [-0.39, 0.29) is 11.7 Å². The van der Waals surface area contributed by atoms with Gasteiger partial charge in [0.1, 0.15) is 0 Å². The van der Waals surface area contributed by atoms with Crippen LogP contribution in [0.15, 0.2) is 18.2 Å². The largest absolute Gasteiger partial charge is 0.384 e. The molecule has 2 heterocycles. The Morgan fingerprint density at radius 3 is 2.94 bits per heavy atom. The molecule has 0 atom stereocenters. The lowest BCUT2D eigenvalue weighted by atomic mass is 9.90. The van der Waals surface area contributed by atoms with Crippen molar-refractivity contribution in [2.75, 3.05) is 25.1 Å². The van der Waals surface area contributed by atoms with Crippen molar-refractivity contribution in [3.05, 3.63) is 29.3 Å². The van der Waals surface area contributed by atoms with Gasteiger partial charge in [-0.3, -0.25) is 4.79 Å². The molecule has 90 valence electrons. The number of Topliss-reactive ketones (excluding diaryl/α,β-unsaturated/α-hetero) is 1. The van der Waals surface area contributed by atoms with Gasteiger partial charge in [-0.15, -0.1) is 0 Å². The van der Waals surface area contributed by atoms with E-state index in [2.05, 4.69) is 11.4 Å². The molecule has 3 rings (SSSR count). The summed E-state index contributed by atoms with van der Waals surface area (Å²) in [6.45, 7) is 2.43. The highest BCUT2D eigenvalue weighted by molar-refractivity contribution is 5.99. The van der Waals surface area contributed by atoms with E-state index in [9.17, 15) is 4.79 Å². The van der Waals surface area contributed by atoms with E-state index in [1.54, 1.807) is 0 Å². The molecular formula is C14H17NO2. The number of ether oxygens (including phenoxy) is 1. The first-order valence-electron chi connectivity index (χ1n) is 6.33. The van der Waals surface area contributed by atoms with Crippen molar-refractivity contribution < 1.29 is 9.53 Å². The fraction of sp³-hybridized carbons (Fsp3) is 0.500. The van der Waals surface area contributed by atoms with Crippen molar-refractivity contribution in [2.45, 2.75) is 19.3 Å². The molecule has 3 heteroatoms. The van der Waals surface area contributed by atoms with Crippen LogP contribution in [0, 0.1) is 5.92 Å². The second-order valence-electron chi connectivity index (χ2n) is 4.80. The van der Waals surface area contributed by atoms with E-state index in [1.165, 1.54) is 5.56 Å². The summed E-state index contributed by atoms with van der Waals surface area (Å²) in [6, 6.07) is 6.08. The summed E-state index contributed by atoms with van der Waals surface area (Å²) in [5.74, 6) is 0.438. The number of hydrogen-bond acceptors (Lipinski definition) is 3. The summed E-state index contributed by atoms with van der Waals surface area (Å²) in [4.78, 5) is 12.3. The Hall–Kier alpha value is -1.35. The molecule has 0 unspecified atom stereocenters. The lowest BCUT2D eigenvalue weighted by molar-refractivity contribution is 0.0545. The molecule has 2 aliphatic heterocycles. The highest BCUT2D eigenvalue weighted by atomic mass is 16.5. The van der Waals surface area contributed by atoms with Gasteiger partial charge in [0.25, 0.3) is 0 Å². The molecule has 0 saturated carbocycles. The SMILES string of the molecule is O=C(c1ccc2c(c1)NCC2)C1CCOCC1. The molecule has 1 aromatic carbocycles. The number of anilines is 1. The molecule has 0 aliphatic carbocycles. The summed E-state index contributed by atoms with van der Waals surface area (Å²) >= 11 is 0. The Morgan fingerprint density at radius 2 is 2.12 bits per heavy atom. The zero-order valence-electron chi connectivity index (χ0n) is 9.87. The van der Waals surface area contributed by atoms with Gasteiger partial charge >= 0.3 is 0 Å². The van der Waals surface area contributed by atoms with Crippen LogP contribution in [-0.2, 0) is 11.2 Å². The van der Waals surface area contributed by atoms with Crippen LogP contribution in [0.2, 0.25) is 0 Å². The number of benzene rings is 1. The average Bonchev–Trinajstić information content (AvgIpc) is 2.86. The second kappa shape index (κ2) is 4.49. The van der Waals surface area contributed by atoms with Gasteiger partial charge in [0.15, 0.2) is 5.78 Å². The number of carbonyl (C=O) groups is 1. The Bertz CT molecular complexity index is 436. The van der Waals surface area contributed by atoms with Crippen LogP contribution >= 0.6 is 0 Å². The molecule has 1 N–H and O–H groups in total. The third kappa shape index (κ3) is 2.07. The molecule has 0 radical (unpaired) electrons. The van der Waals surface area contributed by atoms with E-state index in [0.717, 1.165) is 50.3 Å². The van der Waals surface area contributed by atoms with Gasteiger partial charge in [0, 0.05) is 36.9 Å². The molecule has 1 fully saturated rings. The predicted molar refractivity (Wildman–Crippen MR) is 66.5 cm³/mol. The molecule has 0 bridgehead atoms. The van der Waals surface area contributed by atoms with Gasteiger partial charge in [0.2, 0.25) is 0 Å². The number of ketones is 1. The molecule has 1 saturated heterocycles. The van der Waals surface area contributed by atoms with Crippen LogP contribution in [0.1, 0.15) is 28.8 Å². The number of rotatable bonds is 2. The number of hydrogen-bond donors (Lipinski definition) is 1. The van der Waals surface area contributed by atoms with Crippen LogP contribution in [0.3, 0.4) is 0 Å². The van der Waals surface area contributed by atoms with Crippen LogP contribution < -0.4 is 5.32 Å². The maximum absolute atomic E-state index is 12.3. The first kappa shape index (κ1) is 10.8. The number of carbonyl (C=O) groups excluding carboxylic acids is 1. The van der Waals surface area contributed by atoms with Crippen LogP contribution in [0.25, 0.3) is 0 Å². The van der Waals surface area contributed by atoms with Gasteiger partial charge in [-0.2, -0.15) is 0 Å². The summed E-state index contributed by atoms with van der Waals surface area (Å²) in [7, 11) is 0. The smallest absolute Gasteiger partial charge is 0.166 e. The normalized spacial score (nSPS) is 19.8. The van der Waals surface area contributed by atoms with Crippen LogP contribution in [0.4, 0.5) is 5.69 Å². The Morgan fingerprint density at radius 1 is 1.29 bits per heavy atom. The minimum absolute atomic E-state index is 0.156. The summed E-state index contributed by atoms with van der Waals surface area (Å²) < 4.78 is 5.30. The van der Waals surface area contributed by atoms with Crippen molar-refractivity contribution >= 4 is 11.5 Å². The fourth-order valence-electron chi connectivity index (χ4n) is 2.64. The number of fused-ring (bicyclic) bond motifs is 1. The van der Waals surface area contributed by atoms with Gasteiger partial charge in [-0.05, 0) is 30.9 Å². The molecule has 0 spiro atoms. The molecule has 17 heavy (non-hydrogen) atoms. The third-order valence-electron chi connectivity index (χ3n) is 3.70. The molecule has 3 nitrogen and oxygen atoms in total. The molecular weight excluding hydrogens is 214 g/mol. The highest BCUT2D eigenvalue weighted by Gasteiger charge is 2.23. The zero-order valence-corrected chi connectivity index (χ0v) is 9.87. The number of nitrogens with one attached hydrogen (secondary N) is 1. The van der Waals surface area contributed by atoms with E-state index in [4.69, 9.17) is 4.74 Å². The first-order valence-corrected chi connectivity index (χ1v) is 6.33. The monoisotopic (exact) mass is 231 g/mol. The van der Waals surface area contributed by atoms with Crippen LogP contribution in [0.5, 0.6) is 0 Å². The van der Waals surface area contributed by atoms with Crippen molar-refractivity contribution in [3.8, 4) is 0 Å². The van der Waals surface area contributed by atoms with Gasteiger partial charge in [-0.1, -0.05) is 12.1 Å². The second-order valence-corrected chi connectivity index (χ2v) is 4.80. The third-order valence-corrected chi connectivity index (χ3v) is 3.70. The van der Waals surface area contributed by atoms with Gasteiger partial charge in [-0.25, -0.2) is 0 Å². The average molecular weight is 231 g/mol. The van der Waals surface area contributed by atoms with E-state index < -0.39 is 0 Å². The predicted octanol–water partition coefficient (Wildman–Crippen LogP) is 2.26. The van der Waals surface area contributed by atoms with Crippen molar-refractivity contribution in [2.24, 2.45) is 5.92 Å². The fourth-order valence-corrected chi connectivity index (χ4v) is 2.64. The molecule has 0 aromatic heterocycles. The first-order chi connectivity index (χ1) is 8.34. The Labute approximate surface area is 101 Å². The maximum Gasteiger partial charge on any atom is 0.166 e. The topological polar surface area (TPSA) is 38.3 Å². The molecule has 2 aliphatic rings. The highest BCUT2D eigenvalue weighted by Crippen LogP contribution is 2.26. The molecule has 1 aromatic rings. The van der Waals surface area contributed by atoms with Crippen molar-refractivity contribution in [1.29, 1.82) is 0 Å². The van der Waals surface area contributed by atoms with E-state index in [0.29, 0.717) is 0 Å². The minimum Gasteiger partial charge on any atom is -0.384 e. The minimum atomic E-state index is 0.156. The summed E-state index contributed by atoms with van der Waals surface area (Å²) in [5, 5.41) is 3.32.